The number of rotatable bonds is 8. The lowest BCUT2D eigenvalue weighted by Crippen LogP contribution is -2.17. The molecular weight excluding hydrogens is 378 g/mol. The van der Waals surface area contributed by atoms with Crippen molar-refractivity contribution in [2.45, 2.75) is 13.3 Å². The molecule has 0 atom stereocenters. The Labute approximate surface area is 176 Å². The molecule has 0 amide bonds. The maximum absolute atomic E-state index is 12.5. The van der Waals surface area contributed by atoms with Gasteiger partial charge in [-0.05, 0) is 63.8 Å². The fraction of sp³-hybridized carbons (Fsp3) is 0.304. The van der Waals surface area contributed by atoms with Crippen LogP contribution in [0.25, 0.3) is 22.0 Å². The van der Waals surface area contributed by atoms with Crippen LogP contribution in [0.5, 0.6) is 0 Å². The van der Waals surface area contributed by atoms with Crippen LogP contribution in [0.2, 0.25) is 0 Å². The predicted molar refractivity (Wildman–Crippen MR) is 117 cm³/mol. The molecule has 0 radical (unpaired) electrons. The maximum Gasteiger partial charge on any atom is 0.341 e. The zero-order valence-electron chi connectivity index (χ0n) is 17.5. The van der Waals surface area contributed by atoms with E-state index in [4.69, 9.17) is 10.00 Å². The van der Waals surface area contributed by atoms with E-state index >= 15 is 0 Å². The smallest absolute Gasteiger partial charge is 0.341 e. The van der Waals surface area contributed by atoms with Crippen LogP contribution >= 0.6 is 0 Å². The van der Waals surface area contributed by atoms with Gasteiger partial charge in [-0.3, -0.25) is 4.98 Å². The van der Waals surface area contributed by atoms with Crippen molar-refractivity contribution in [3.63, 3.8) is 0 Å². The number of esters is 1. The summed E-state index contributed by atoms with van der Waals surface area (Å²) in [6.07, 6.45) is 4.17. The molecule has 3 aromatic rings. The number of hydrogen-bond donors (Lipinski definition) is 1. The van der Waals surface area contributed by atoms with Gasteiger partial charge < -0.3 is 15.0 Å². The minimum Gasteiger partial charge on any atom is -0.462 e. The summed E-state index contributed by atoms with van der Waals surface area (Å²) < 4.78 is 5.23. The van der Waals surface area contributed by atoms with Crippen molar-refractivity contribution in [1.29, 1.82) is 5.26 Å². The number of hydrogen-bond acceptors (Lipinski definition) is 7. The van der Waals surface area contributed by atoms with E-state index in [1.165, 1.54) is 0 Å². The fourth-order valence-electron chi connectivity index (χ4n) is 3.17. The molecule has 30 heavy (non-hydrogen) atoms. The third kappa shape index (κ3) is 4.91. The van der Waals surface area contributed by atoms with Gasteiger partial charge in [0.15, 0.2) is 0 Å². The van der Waals surface area contributed by atoms with Crippen LogP contribution in [-0.2, 0) is 4.74 Å². The molecule has 0 spiro atoms. The summed E-state index contributed by atoms with van der Waals surface area (Å²) in [7, 11) is 4.06. The van der Waals surface area contributed by atoms with Crippen molar-refractivity contribution >= 4 is 22.6 Å². The monoisotopic (exact) mass is 403 g/mol. The highest BCUT2D eigenvalue weighted by molar-refractivity contribution is 6.05. The van der Waals surface area contributed by atoms with E-state index in [1.807, 2.05) is 44.4 Å². The fourth-order valence-corrected chi connectivity index (χ4v) is 3.17. The first kappa shape index (κ1) is 21.2. The summed E-state index contributed by atoms with van der Waals surface area (Å²) in [5.74, 6) is -0.396. The van der Waals surface area contributed by atoms with Gasteiger partial charge in [0.1, 0.15) is 17.3 Å². The first-order valence-corrected chi connectivity index (χ1v) is 9.88. The molecule has 7 heteroatoms. The van der Waals surface area contributed by atoms with E-state index < -0.39 is 5.97 Å². The van der Waals surface area contributed by atoms with Crippen molar-refractivity contribution in [3.8, 4) is 17.2 Å². The predicted octanol–water partition coefficient (Wildman–Crippen LogP) is 3.71. The molecule has 2 aromatic heterocycles. The van der Waals surface area contributed by atoms with Gasteiger partial charge in [0.25, 0.3) is 0 Å². The summed E-state index contributed by atoms with van der Waals surface area (Å²) in [6.45, 7) is 3.74. The minimum absolute atomic E-state index is 0.299. The summed E-state index contributed by atoms with van der Waals surface area (Å²) in [6, 6.07) is 11.4. The Kier molecular flexibility index (Phi) is 6.94. The number of pyridine rings is 2. The molecule has 0 fully saturated rings. The summed E-state index contributed by atoms with van der Waals surface area (Å²) in [5.41, 5.74) is 4.11. The van der Waals surface area contributed by atoms with E-state index in [2.05, 4.69) is 20.2 Å². The van der Waals surface area contributed by atoms with Crippen molar-refractivity contribution in [2.24, 2.45) is 0 Å². The van der Waals surface area contributed by atoms with E-state index in [0.29, 0.717) is 24.4 Å². The van der Waals surface area contributed by atoms with Crippen LogP contribution in [-0.4, -0.2) is 54.6 Å². The zero-order chi connectivity index (χ0) is 21.5. The zero-order valence-corrected chi connectivity index (χ0v) is 17.5. The Morgan fingerprint density at radius 3 is 2.63 bits per heavy atom. The van der Waals surface area contributed by atoms with Gasteiger partial charge in [-0.15, -0.1) is 0 Å². The van der Waals surface area contributed by atoms with Gasteiger partial charge in [0.05, 0.1) is 17.8 Å². The number of fused-ring (bicyclic) bond motifs is 1. The van der Waals surface area contributed by atoms with Crippen molar-refractivity contribution in [3.05, 3.63) is 54.0 Å². The lowest BCUT2D eigenvalue weighted by atomic mass is 10.0. The second-order valence-corrected chi connectivity index (χ2v) is 7.13. The Hall–Kier alpha value is -3.50. The summed E-state index contributed by atoms with van der Waals surface area (Å²) >= 11 is 0. The SMILES string of the molecule is CCOC(=O)c1cnc2ccc(-c3ccc(C#N)nc3)cc2c1NCCCN(C)C. The standard InChI is InChI=1S/C23H25N5O2/c1-4-30-23(29)20-15-27-21-9-7-16(17-6-8-18(13-24)26-14-17)12-19(21)22(20)25-10-5-11-28(2)3/h6-9,12,14-15H,4-5,10-11H2,1-3H3,(H,25,27). The minimum atomic E-state index is -0.396. The van der Waals surface area contributed by atoms with Crippen LogP contribution < -0.4 is 5.32 Å². The van der Waals surface area contributed by atoms with E-state index in [9.17, 15) is 4.79 Å². The van der Waals surface area contributed by atoms with E-state index in [-0.39, 0.29) is 0 Å². The van der Waals surface area contributed by atoms with Crippen molar-refractivity contribution < 1.29 is 9.53 Å². The average molecular weight is 403 g/mol. The van der Waals surface area contributed by atoms with Crippen LogP contribution in [0, 0.1) is 11.3 Å². The molecule has 0 aliphatic carbocycles. The van der Waals surface area contributed by atoms with Crippen molar-refractivity contribution in [1.82, 2.24) is 14.9 Å². The lowest BCUT2D eigenvalue weighted by molar-refractivity contribution is 0.0527. The number of nitrogens with zero attached hydrogens (tertiary/aromatic N) is 4. The maximum atomic E-state index is 12.5. The quantitative estimate of drug-likeness (QED) is 0.453. The number of benzene rings is 1. The lowest BCUT2D eigenvalue weighted by Gasteiger charge is -2.16. The molecule has 7 nitrogen and oxygen atoms in total. The van der Waals surface area contributed by atoms with Gasteiger partial charge >= 0.3 is 5.97 Å². The first-order chi connectivity index (χ1) is 14.5. The van der Waals surface area contributed by atoms with Crippen LogP contribution in [0.4, 0.5) is 5.69 Å². The normalized spacial score (nSPS) is 10.8. The van der Waals surface area contributed by atoms with Crippen LogP contribution in [0.1, 0.15) is 29.4 Å². The summed E-state index contributed by atoms with van der Waals surface area (Å²) in [4.78, 5) is 23.3. The third-order valence-corrected chi connectivity index (χ3v) is 4.66. The molecule has 2 heterocycles. The van der Waals surface area contributed by atoms with Gasteiger partial charge in [0, 0.05) is 29.9 Å². The molecule has 0 unspecified atom stereocenters. The molecular formula is C23H25N5O2. The molecule has 0 aliphatic heterocycles. The number of nitrogens with one attached hydrogen (secondary N) is 1. The molecule has 0 saturated heterocycles. The van der Waals surface area contributed by atoms with E-state index in [1.54, 1.807) is 25.4 Å². The first-order valence-electron chi connectivity index (χ1n) is 9.88. The Morgan fingerprint density at radius 1 is 1.17 bits per heavy atom. The number of ether oxygens (including phenoxy) is 1. The van der Waals surface area contributed by atoms with Gasteiger partial charge in [-0.2, -0.15) is 5.26 Å². The van der Waals surface area contributed by atoms with Crippen LogP contribution in [0.3, 0.4) is 0 Å². The molecule has 0 bridgehead atoms. The highest BCUT2D eigenvalue weighted by Crippen LogP contribution is 2.31. The number of carbonyl (C=O) groups excluding carboxylic acids is 1. The molecule has 0 aliphatic rings. The Morgan fingerprint density at radius 2 is 1.97 bits per heavy atom. The average Bonchev–Trinajstić information content (AvgIpc) is 2.76. The molecule has 3 rings (SSSR count). The van der Waals surface area contributed by atoms with Crippen LogP contribution in [0.15, 0.2) is 42.7 Å². The number of nitriles is 1. The largest absolute Gasteiger partial charge is 0.462 e. The Bertz CT molecular complexity index is 1070. The number of carbonyl (C=O) groups is 1. The van der Waals surface area contributed by atoms with Gasteiger partial charge in [-0.25, -0.2) is 9.78 Å². The van der Waals surface area contributed by atoms with E-state index in [0.717, 1.165) is 40.7 Å². The number of aromatic nitrogens is 2. The summed E-state index contributed by atoms with van der Waals surface area (Å²) in [5, 5.41) is 13.2. The van der Waals surface area contributed by atoms with Gasteiger partial charge in [0.2, 0.25) is 0 Å². The van der Waals surface area contributed by atoms with Crippen molar-refractivity contribution in [2.75, 3.05) is 39.1 Å². The highest BCUT2D eigenvalue weighted by Gasteiger charge is 2.17. The molecule has 1 aromatic carbocycles. The second kappa shape index (κ2) is 9.81. The Balaban J connectivity index is 2.03. The third-order valence-electron chi connectivity index (χ3n) is 4.66. The number of anilines is 1. The highest BCUT2D eigenvalue weighted by atomic mass is 16.5. The second-order valence-electron chi connectivity index (χ2n) is 7.13. The molecule has 0 saturated carbocycles. The molecule has 1 N–H and O–H groups in total. The van der Waals surface area contributed by atoms with Gasteiger partial charge in [-0.1, -0.05) is 6.07 Å². The topological polar surface area (TPSA) is 91.1 Å². The molecule has 154 valence electrons.